The van der Waals surface area contributed by atoms with Crippen LogP contribution in [0.4, 0.5) is 8.78 Å². The summed E-state index contributed by atoms with van der Waals surface area (Å²) in [7, 11) is 1.57. The highest BCUT2D eigenvalue weighted by Crippen LogP contribution is 2.28. The van der Waals surface area contributed by atoms with Crippen LogP contribution >= 0.6 is 0 Å². The van der Waals surface area contributed by atoms with Crippen molar-refractivity contribution in [2.24, 2.45) is 0 Å². The van der Waals surface area contributed by atoms with Crippen molar-refractivity contribution in [2.75, 3.05) is 20.2 Å². The number of aliphatic hydroxyl groups is 5. The zero-order chi connectivity index (χ0) is 23.7. The van der Waals surface area contributed by atoms with Crippen molar-refractivity contribution in [3.05, 3.63) is 53.6 Å². The minimum atomic E-state index is -1.55. The second kappa shape index (κ2) is 12.2. The van der Waals surface area contributed by atoms with Crippen molar-refractivity contribution in [1.29, 1.82) is 0 Å². The van der Waals surface area contributed by atoms with Crippen LogP contribution < -0.4 is 5.32 Å². The Morgan fingerprint density at radius 1 is 1.00 bits per heavy atom. The zero-order valence-corrected chi connectivity index (χ0v) is 16.5. The van der Waals surface area contributed by atoms with E-state index in [9.17, 15) is 23.8 Å². The van der Waals surface area contributed by atoms with Gasteiger partial charge in [0.25, 0.3) is 0 Å². The fourth-order valence-electron chi connectivity index (χ4n) is 2.49. The summed E-state index contributed by atoms with van der Waals surface area (Å²) in [6.45, 7) is -0.569. The largest absolute Gasteiger partial charge is 0.507 e. The molecular weight excluding hydrogens is 420 g/mol. The number of hydrogen-bond acceptors (Lipinski definition) is 8. The summed E-state index contributed by atoms with van der Waals surface area (Å²) in [5.74, 6) is -3.24. The van der Waals surface area contributed by atoms with Gasteiger partial charge in [-0.3, -0.25) is 0 Å². The van der Waals surface area contributed by atoms with Crippen LogP contribution in [-0.2, 0) is 0 Å². The summed E-state index contributed by atoms with van der Waals surface area (Å²) < 4.78 is 26.3. The van der Waals surface area contributed by atoms with Crippen LogP contribution in [0.1, 0.15) is 10.4 Å². The molecule has 0 unspecified atom stereocenters. The third-order valence-corrected chi connectivity index (χ3v) is 4.21. The van der Waals surface area contributed by atoms with E-state index in [4.69, 9.17) is 25.5 Å². The number of rotatable bonds is 8. The second-order valence-electron chi connectivity index (χ2n) is 6.52. The van der Waals surface area contributed by atoms with Crippen LogP contribution in [-0.4, -0.2) is 86.3 Å². The van der Waals surface area contributed by atoms with Gasteiger partial charge in [0.1, 0.15) is 41.3 Å². The minimum absolute atomic E-state index is 0.0684. The third-order valence-electron chi connectivity index (χ3n) is 4.21. The number of benzene rings is 2. The van der Waals surface area contributed by atoms with Gasteiger partial charge in [0.05, 0.1) is 12.7 Å². The Kier molecular flexibility index (Phi) is 10.4. The first-order valence-corrected chi connectivity index (χ1v) is 9.02. The van der Waals surface area contributed by atoms with Gasteiger partial charge in [-0.05, 0) is 36.9 Å². The number of carboxylic acids is 1. The van der Waals surface area contributed by atoms with E-state index in [2.05, 4.69) is 5.32 Å². The van der Waals surface area contributed by atoms with Crippen LogP contribution in [0.2, 0.25) is 0 Å². The SMILES string of the molecule is CNC[C@H](O)[C@@H](O)[C@H](O)[C@H](O)CO.O=C(O)c1cc(-c2ccc(F)cc2F)ccc1O. The predicted molar refractivity (Wildman–Crippen MR) is 105 cm³/mol. The lowest BCUT2D eigenvalue weighted by atomic mass is 10.0. The van der Waals surface area contributed by atoms with Crippen LogP contribution in [0, 0.1) is 11.6 Å². The van der Waals surface area contributed by atoms with Crippen molar-refractivity contribution in [2.45, 2.75) is 24.4 Å². The lowest BCUT2D eigenvalue weighted by Crippen LogP contribution is -2.48. The summed E-state index contributed by atoms with van der Waals surface area (Å²) in [5.41, 5.74) is -0.0159. The number of halogens is 2. The number of aromatic carboxylic acids is 1. The Morgan fingerprint density at radius 2 is 1.61 bits per heavy atom. The molecule has 2 rings (SSSR count). The maximum Gasteiger partial charge on any atom is 0.339 e. The summed E-state index contributed by atoms with van der Waals surface area (Å²) in [5, 5.41) is 65.6. The molecular formula is C20H25F2NO8. The number of aromatic hydroxyl groups is 1. The van der Waals surface area contributed by atoms with E-state index in [0.29, 0.717) is 6.07 Å². The summed E-state index contributed by atoms with van der Waals surface area (Å²) in [6.07, 6.45) is -5.65. The molecule has 0 aliphatic heterocycles. The van der Waals surface area contributed by atoms with E-state index in [1.54, 1.807) is 7.05 Å². The smallest absolute Gasteiger partial charge is 0.339 e. The molecule has 0 spiro atoms. The molecule has 11 heteroatoms. The molecule has 0 heterocycles. The summed E-state index contributed by atoms with van der Waals surface area (Å²) >= 11 is 0. The number of hydrogen-bond donors (Lipinski definition) is 8. The van der Waals surface area contributed by atoms with Gasteiger partial charge < -0.3 is 41.1 Å². The third kappa shape index (κ3) is 7.51. The molecule has 0 fully saturated rings. The highest BCUT2D eigenvalue weighted by Gasteiger charge is 2.29. The number of carboxylic acid groups (broad SMARTS) is 1. The van der Waals surface area contributed by atoms with Gasteiger partial charge in [0.15, 0.2) is 0 Å². The molecule has 0 amide bonds. The molecule has 0 bridgehead atoms. The highest BCUT2D eigenvalue weighted by atomic mass is 19.1. The highest BCUT2D eigenvalue weighted by molar-refractivity contribution is 5.92. The quantitative estimate of drug-likeness (QED) is 0.271. The van der Waals surface area contributed by atoms with Crippen LogP contribution in [0.3, 0.4) is 0 Å². The Bertz CT molecular complexity index is 867. The van der Waals surface area contributed by atoms with Crippen LogP contribution in [0.25, 0.3) is 11.1 Å². The first-order chi connectivity index (χ1) is 14.5. The van der Waals surface area contributed by atoms with Gasteiger partial charge >= 0.3 is 5.97 Å². The van der Waals surface area contributed by atoms with Crippen LogP contribution in [0.15, 0.2) is 36.4 Å². The molecule has 0 radical (unpaired) electrons. The number of phenols is 1. The van der Waals surface area contributed by atoms with Crippen molar-refractivity contribution in [1.82, 2.24) is 5.32 Å². The lowest BCUT2D eigenvalue weighted by Gasteiger charge is -2.25. The Hall–Kier alpha value is -2.67. The van der Waals surface area contributed by atoms with Gasteiger partial charge in [0, 0.05) is 18.2 Å². The Balaban J connectivity index is 0.000000330. The molecule has 0 saturated carbocycles. The molecule has 0 saturated heterocycles. The molecule has 31 heavy (non-hydrogen) atoms. The van der Waals surface area contributed by atoms with Crippen molar-refractivity contribution in [3.63, 3.8) is 0 Å². The molecule has 9 nitrogen and oxygen atoms in total. The maximum absolute atomic E-state index is 13.5. The van der Waals surface area contributed by atoms with Crippen molar-refractivity contribution in [3.8, 4) is 16.9 Å². The van der Waals surface area contributed by atoms with Gasteiger partial charge in [-0.15, -0.1) is 0 Å². The van der Waals surface area contributed by atoms with Gasteiger partial charge in [0.2, 0.25) is 0 Å². The number of nitrogens with one attached hydrogen (secondary N) is 1. The van der Waals surface area contributed by atoms with E-state index in [1.807, 2.05) is 0 Å². The lowest BCUT2D eigenvalue weighted by molar-refractivity contribution is -0.113. The Labute approximate surface area is 176 Å². The van der Waals surface area contributed by atoms with Gasteiger partial charge in [-0.2, -0.15) is 0 Å². The molecule has 8 N–H and O–H groups in total. The maximum atomic E-state index is 13.5. The monoisotopic (exact) mass is 445 g/mol. The molecule has 2 aromatic carbocycles. The summed E-state index contributed by atoms with van der Waals surface area (Å²) in [4.78, 5) is 10.8. The molecule has 2 aromatic rings. The number of likely N-dealkylation sites (N-methyl/N-ethyl adjacent to an activating group) is 1. The zero-order valence-electron chi connectivity index (χ0n) is 16.5. The predicted octanol–water partition coefficient (Wildman–Crippen LogP) is -0.323. The average Bonchev–Trinajstić information content (AvgIpc) is 2.73. The molecule has 172 valence electrons. The fourth-order valence-corrected chi connectivity index (χ4v) is 2.49. The topological polar surface area (TPSA) is 171 Å². The van der Waals surface area contributed by atoms with E-state index in [0.717, 1.165) is 18.2 Å². The van der Waals surface area contributed by atoms with E-state index >= 15 is 0 Å². The Morgan fingerprint density at radius 3 is 2.13 bits per heavy atom. The summed E-state index contributed by atoms with van der Waals surface area (Å²) in [6, 6.07) is 6.64. The number of carbonyl (C=O) groups is 1. The van der Waals surface area contributed by atoms with Crippen molar-refractivity contribution < 1.29 is 49.3 Å². The van der Waals surface area contributed by atoms with E-state index in [1.165, 1.54) is 12.1 Å². The first kappa shape index (κ1) is 26.4. The standard InChI is InChI=1S/C13H8F2O3.C7H17NO5/c14-8-2-3-9(11(15)6-8)7-1-4-12(16)10(5-7)13(17)18;1-8-2-4(10)6(12)7(13)5(11)3-9/h1-6,16H,(H,17,18);4-13H,2-3H2,1H3/t;4-,5+,6+,7+/m.0/s1. The van der Waals surface area contributed by atoms with Gasteiger partial charge in [-0.1, -0.05) is 6.07 Å². The normalized spacial score (nSPS) is 14.7. The van der Waals surface area contributed by atoms with Gasteiger partial charge in [-0.25, -0.2) is 13.6 Å². The number of aliphatic hydroxyl groups excluding tert-OH is 5. The molecule has 0 aromatic heterocycles. The van der Waals surface area contributed by atoms with E-state index < -0.39 is 54.4 Å². The molecule has 0 aliphatic rings. The second-order valence-corrected chi connectivity index (χ2v) is 6.52. The molecule has 4 atom stereocenters. The molecule has 0 aliphatic carbocycles. The van der Waals surface area contributed by atoms with Crippen LogP contribution in [0.5, 0.6) is 5.75 Å². The van der Waals surface area contributed by atoms with Crippen molar-refractivity contribution >= 4 is 5.97 Å². The first-order valence-electron chi connectivity index (χ1n) is 9.02. The minimum Gasteiger partial charge on any atom is -0.507 e. The fraction of sp³-hybridized carbons (Fsp3) is 0.350. The van der Waals surface area contributed by atoms with E-state index in [-0.39, 0.29) is 23.2 Å². The average molecular weight is 445 g/mol.